The molecule has 0 amide bonds. The van der Waals surface area contributed by atoms with E-state index in [9.17, 15) is 0 Å². The molecule has 1 aliphatic rings. The van der Waals surface area contributed by atoms with Gasteiger partial charge in [0.2, 0.25) is 0 Å². The van der Waals surface area contributed by atoms with E-state index in [1.807, 2.05) is 0 Å². The van der Waals surface area contributed by atoms with E-state index in [0.29, 0.717) is 0 Å². The molecule has 3 atom stereocenters. The molecule has 10 heavy (non-hydrogen) atoms. The number of nitrogens with zero attached hydrogens (tertiary/aromatic N) is 1. The van der Waals surface area contributed by atoms with Crippen LogP contribution >= 0.6 is 0 Å². The number of likely N-dealkylation sites (tertiary alicyclic amines) is 1. The van der Waals surface area contributed by atoms with Crippen molar-refractivity contribution < 1.29 is 0 Å². The van der Waals surface area contributed by atoms with Gasteiger partial charge in [-0.25, -0.2) is 0 Å². The third-order valence-electron chi connectivity index (χ3n) is 3.16. The molecular formula is C9H19N. The van der Waals surface area contributed by atoms with Gasteiger partial charge in [-0.15, -0.1) is 0 Å². The van der Waals surface area contributed by atoms with E-state index < -0.39 is 0 Å². The highest BCUT2D eigenvalue weighted by Crippen LogP contribution is 2.28. The molecule has 0 bridgehead atoms. The van der Waals surface area contributed by atoms with Gasteiger partial charge in [0.05, 0.1) is 0 Å². The van der Waals surface area contributed by atoms with Gasteiger partial charge in [-0.3, -0.25) is 0 Å². The van der Waals surface area contributed by atoms with Crippen molar-refractivity contribution in [1.82, 2.24) is 4.90 Å². The monoisotopic (exact) mass is 141 g/mol. The second kappa shape index (κ2) is 2.91. The molecule has 1 rings (SSSR count). The van der Waals surface area contributed by atoms with Gasteiger partial charge in [0.15, 0.2) is 0 Å². The van der Waals surface area contributed by atoms with Gasteiger partial charge >= 0.3 is 0 Å². The fourth-order valence-electron chi connectivity index (χ4n) is 1.98. The topological polar surface area (TPSA) is 3.24 Å². The predicted molar refractivity (Wildman–Crippen MR) is 45.1 cm³/mol. The summed E-state index contributed by atoms with van der Waals surface area (Å²) in [5, 5.41) is 0. The molecule has 1 aliphatic heterocycles. The molecule has 1 heteroatoms. The largest absolute Gasteiger partial charge is 0.300 e. The third-order valence-corrected chi connectivity index (χ3v) is 3.16. The summed E-state index contributed by atoms with van der Waals surface area (Å²) in [5.74, 6) is 0.898. The SMILES string of the molecule is CC[C@@H]1C[C@H](C)C(C)N1C. The zero-order valence-electron chi connectivity index (χ0n) is 7.59. The highest BCUT2D eigenvalue weighted by atomic mass is 15.2. The van der Waals surface area contributed by atoms with Crippen molar-refractivity contribution in [2.24, 2.45) is 5.92 Å². The predicted octanol–water partition coefficient (Wildman–Crippen LogP) is 2.13. The fourth-order valence-corrected chi connectivity index (χ4v) is 1.98. The van der Waals surface area contributed by atoms with Crippen molar-refractivity contribution in [2.75, 3.05) is 7.05 Å². The second-order valence-electron chi connectivity index (χ2n) is 3.68. The Morgan fingerprint density at radius 2 is 2.00 bits per heavy atom. The summed E-state index contributed by atoms with van der Waals surface area (Å²) < 4.78 is 0. The minimum atomic E-state index is 0.796. The number of hydrogen-bond acceptors (Lipinski definition) is 1. The van der Waals surface area contributed by atoms with E-state index in [2.05, 4.69) is 32.7 Å². The van der Waals surface area contributed by atoms with Crippen LogP contribution in [0, 0.1) is 5.92 Å². The first kappa shape index (κ1) is 8.06. The lowest BCUT2D eigenvalue weighted by Crippen LogP contribution is -2.30. The maximum atomic E-state index is 2.52. The average molecular weight is 141 g/mol. The van der Waals surface area contributed by atoms with E-state index in [0.717, 1.165) is 18.0 Å². The number of rotatable bonds is 1. The maximum absolute atomic E-state index is 2.52. The lowest BCUT2D eigenvalue weighted by atomic mass is 10.0. The Bertz CT molecular complexity index is 111. The lowest BCUT2D eigenvalue weighted by Gasteiger charge is -2.22. The highest BCUT2D eigenvalue weighted by Gasteiger charge is 2.31. The van der Waals surface area contributed by atoms with Gasteiger partial charge in [-0.1, -0.05) is 13.8 Å². The zero-order valence-corrected chi connectivity index (χ0v) is 7.59. The van der Waals surface area contributed by atoms with E-state index in [4.69, 9.17) is 0 Å². The maximum Gasteiger partial charge on any atom is 0.00956 e. The van der Waals surface area contributed by atoms with Gasteiger partial charge in [0.25, 0.3) is 0 Å². The minimum Gasteiger partial charge on any atom is -0.300 e. The summed E-state index contributed by atoms with van der Waals surface area (Å²) in [5.41, 5.74) is 0. The van der Waals surface area contributed by atoms with E-state index in [-0.39, 0.29) is 0 Å². The molecule has 60 valence electrons. The van der Waals surface area contributed by atoms with Crippen LogP contribution < -0.4 is 0 Å². The summed E-state index contributed by atoms with van der Waals surface area (Å²) in [6.07, 6.45) is 2.71. The van der Waals surface area contributed by atoms with Crippen LogP contribution in [0.5, 0.6) is 0 Å². The Hall–Kier alpha value is -0.0400. The average Bonchev–Trinajstić information content (AvgIpc) is 2.17. The first-order valence-electron chi connectivity index (χ1n) is 4.38. The first-order chi connectivity index (χ1) is 4.66. The normalized spacial score (nSPS) is 42.6. The Morgan fingerprint density at radius 1 is 1.40 bits per heavy atom. The molecule has 0 aromatic rings. The first-order valence-corrected chi connectivity index (χ1v) is 4.38. The summed E-state index contributed by atoms with van der Waals surface area (Å²) in [6, 6.07) is 1.65. The molecule has 0 radical (unpaired) electrons. The van der Waals surface area contributed by atoms with Crippen LogP contribution in [0.1, 0.15) is 33.6 Å². The van der Waals surface area contributed by atoms with Crippen molar-refractivity contribution in [2.45, 2.75) is 45.7 Å². The fraction of sp³-hybridized carbons (Fsp3) is 1.00. The van der Waals surface area contributed by atoms with Gasteiger partial charge in [0.1, 0.15) is 0 Å². The van der Waals surface area contributed by atoms with Crippen LogP contribution in [-0.2, 0) is 0 Å². The summed E-state index contributed by atoms with van der Waals surface area (Å²) in [6.45, 7) is 6.98. The van der Waals surface area contributed by atoms with Crippen LogP contribution in [0.3, 0.4) is 0 Å². The van der Waals surface area contributed by atoms with Crippen LogP contribution in [0.4, 0.5) is 0 Å². The van der Waals surface area contributed by atoms with Crippen LogP contribution in [0.15, 0.2) is 0 Å². The molecule has 1 fully saturated rings. The van der Waals surface area contributed by atoms with Crippen LogP contribution in [-0.4, -0.2) is 24.0 Å². The summed E-state index contributed by atoms with van der Waals surface area (Å²) >= 11 is 0. The van der Waals surface area contributed by atoms with Gasteiger partial charge in [0, 0.05) is 12.1 Å². The lowest BCUT2D eigenvalue weighted by molar-refractivity contribution is 0.238. The molecule has 0 aromatic heterocycles. The minimum absolute atomic E-state index is 0.796. The Balaban J connectivity index is 2.53. The van der Waals surface area contributed by atoms with Gasteiger partial charge in [-0.05, 0) is 32.7 Å². The van der Waals surface area contributed by atoms with Gasteiger partial charge in [-0.2, -0.15) is 0 Å². The molecule has 0 spiro atoms. The molecule has 1 unspecified atom stereocenters. The van der Waals surface area contributed by atoms with Crippen LogP contribution in [0.2, 0.25) is 0 Å². The molecule has 0 aliphatic carbocycles. The third kappa shape index (κ3) is 1.20. The zero-order chi connectivity index (χ0) is 7.72. The van der Waals surface area contributed by atoms with E-state index >= 15 is 0 Å². The molecule has 1 nitrogen and oxygen atoms in total. The molecular weight excluding hydrogens is 122 g/mol. The van der Waals surface area contributed by atoms with Crippen molar-refractivity contribution in [3.05, 3.63) is 0 Å². The van der Waals surface area contributed by atoms with Crippen molar-refractivity contribution >= 4 is 0 Å². The standard InChI is InChI=1S/C9H19N/c1-5-9-6-7(2)8(3)10(9)4/h7-9H,5-6H2,1-4H3/t7-,8?,9+/m0/s1. The van der Waals surface area contributed by atoms with Crippen molar-refractivity contribution in [3.8, 4) is 0 Å². The quantitative estimate of drug-likeness (QED) is 0.540. The van der Waals surface area contributed by atoms with Crippen LogP contribution in [0.25, 0.3) is 0 Å². The molecule has 0 aromatic carbocycles. The second-order valence-corrected chi connectivity index (χ2v) is 3.68. The van der Waals surface area contributed by atoms with Crippen molar-refractivity contribution in [3.63, 3.8) is 0 Å². The molecule has 1 heterocycles. The van der Waals surface area contributed by atoms with Crippen molar-refractivity contribution in [1.29, 1.82) is 0 Å². The smallest absolute Gasteiger partial charge is 0.00956 e. The van der Waals surface area contributed by atoms with Gasteiger partial charge < -0.3 is 4.90 Å². The Kier molecular flexibility index (Phi) is 2.35. The Morgan fingerprint density at radius 3 is 2.20 bits per heavy atom. The summed E-state index contributed by atoms with van der Waals surface area (Å²) in [7, 11) is 2.25. The molecule has 0 N–H and O–H groups in total. The van der Waals surface area contributed by atoms with E-state index in [1.165, 1.54) is 12.8 Å². The highest BCUT2D eigenvalue weighted by molar-refractivity contribution is 4.86. The molecule has 0 saturated carbocycles. The van der Waals surface area contributed by atoms with E-state index in [1.54, 1.807) is 0 Å². The Labute approximate surface area is 64.4 Å². The summed E-state index contributed by atoms with van der Waals surface area (Å²) in [4.78, 5) is 2.52. The molecule has 1 saturated heterocycles. The number of hydrogen-bond donors (Lipinski definition) is 0.